The van der Waals surface area contributed by atoms with Gasteiger partial charge in [-0.2, -0.15) is 0 Å². The van der Waals surface area contributed by atoms with Gasteiger partial charge in [0.1, 0.15) is 0 Å². The minimum atomic E-state index is -0.145. The van der Waals surface area contributed by atoms with Crippen LogP contribution < -0.4 is 10.6 Å². The Labute approximate surface area is 124 Å². The van der Waals surface area contributed by atoms with E-state index in [1.807, 2.05) is 36.4 Å². The number of benzene rings is 1. The Bertz CT molecular complexity index is 606. The summed E-state index contributed by atoms with van der Waals surface area (Å²) in [6, 6.07) is 12.1. The van der Waals surface area contributed by atoms with Crippen molar-refractivity contribution in [3.8, 4) is 11.1 Å². The first-order valence-corrected chi connectivity index (χ1v) is 7.39. The number of anilines is 1. The molecule has 2 N–H and O–H groups in total. The lowest BCUT2D eigenvalue weighted by Crippen LogP contribution is -2.36. The fourth-order valence-electron chi connectivity index (χ4n) is 2.72. The van der Waals surface area contributed by atoms with E-state index in [0.29, 0.717) is 11.7 Å². The van der Waals surface area contributed by atoms with Crippen molar-refractivity contribution in [2.75, 3.05) is 5.32 Å². The van der Waals surface area contributed by atoms with Crippen molar-refractivity contribution >= 4 is 11.7 Å². The topological polar surface area (TPSA) is 54.0 Å². The molecule has 3 rings (SSSR count). The maximum Gasteiger partial charge on any atom is 0.319 e. The summed E-state index contributed by atoms with van der Waals surface area (Å²) in [4.78, 5) is 16.2. The first-order chi connectivity index (χ1) is 10.3. The van der Waals surface area contributed by atoms with Crippen LogP contribution in [-0.2, 0) is 0 Å². The van der Waals surface area contributed by atoms with Crippen LogP contribution in [0.3, 0.4) is 0 Å². The molecule has 0 radical (unpaired) electrons. The molecule has 1 saturated carbocycles. The van der Waals surface area contributed by atoms with Crippen LogP contribution in [0.25, 0.3) is 11.1 Å². The molecule has 0 spiro atoms. The van der Waals surface area contributed by atoms with Gasteiger partial charge in [-0.25, -0.2) is 4.79 Å². The molecule has 1 aromatic heterocycles. The number of carbonyl (C=O) groups is 1. The molecule has 2 aromatic rings. The number of carbonyl (C=O) groups excluding carboxylic acids is 1. The van der Waals surface area contributed by atoms with Gasteiger partial charge in [-0.15, -0.1) is 0 Å². The van der Waals surface area contributed by atoms with Crippen molar-refractivity contribution in [3.63, 3.8) is 0 Å². The van der Waals surface area contributed by atoms with Gasteiger partial charge in [0.2, 0.25) is 0 Å². The first kappa shape index (κ1) is 13.6. The summed E-state index contributed by atoms with van der Waals surface area (Å²) in [6.07, 6.45) is 8.04. The molecule has 1 aliphatic rings. The zero-order valence-electron chi connectivity index (χ0n) is 11.9. The molecule has 1 heterocycles. The lowest BCUT2D eigenvalue weighted by Gasteiger charge is -2.13. The van der Waals surface area contributed by atoms with Crippen molar-refractivity contribution < 1.29 is 4.79 Å². The number of hydrogen-bond acceptors (Lipinski definition) is 2. The second-order valence-electron chi connectivity index (χ2n) is 5.41. The normalized spacial score (nSPS) is 14.9. The van der Waals surface area contributed by atoms with Crippen LogP contribution in [0.5, 0.6) is 0 Å². The van der Waals surface area contributed by atoms with E-state index in [1.165, 1.54) is 12.8 Å². The van der Waals surface area contributed by atoms with Gasteiger partial charge in [-0.1, -0.05) is 43.2 Å². The smallest absolute Gasteiger partial charge is 0.319 e. The molecule has 1 aromatic carbocycles. The number of aromatic nitrogens is 1. The molecule has 0 saturated heterocycles. The minimum absolute atomic E-state index is 0.145. The number of amides is 2. The standard InChI is InChI=1S/C17H19N3O/c21-17(19-15-8-4-5-9-15)20-16-10-14(11-18-12-16)13-6-2-1-3-7-13/h1-3,6-7,10-12,15H,4-5,8-9H2,(H2,19,20,21). The maximum absolute atomic E-state index is 12.0. The summed E-state index contributed by atoms with van der Waals surface area (Å²) < 4.78 is 0. The van der Waals surface area contributed by atoms with E-state index >= 15 is 0 Å². The van der Waals surface area contributed by atoms with Gasteiger partial charge in [0.15, 0.2) is 0 Å². The highest BCUT2D eigenvalue weighted by atomic mass is 16.2. The third kappa shape index (κ3) is 3.60. The zero-order chi connectivity index (χ0) is 14.5. The van der Waals surface area contributed by atoms with Gasteiger partial charge in [0.05, 0.1) is 11.9 Å². The Morgan fingerprint density at radius 3 is 2.57 bits per heavy atom. The Morgan fingerprint density at radius 1 is 1.05 bits per heavy atom. The van der Waals surface area contributed by atoms with E-state index in [9.17, 15) is 4.79 Å². The molecule has 4 nitrogen and oxygen atoms in total. The predicted molar refractivity (Wildman–Crippen MR) is 84.1 cm³/mol. The number of urea groups is 1. The fraction of sp³-hybridized carbons (Fsp3) is 0.294. The summed E-state index contributed by atoms with van der Waals surface area (Å²) in [5.41, 5.74) is 2.80. The van der Waals surface area contributed by atoms with E-state index in [4.69, 9.17) is 0 Å². The summed E-state index contributed by atoms with van der Waals surface area (Å²) in [6.45, 7) is 0. The number of pyridine rings is 1. The lowest BCUT2D eigenvalue weighted by molar-refractivity contribution is 0.248. The molecule has 0 bridgehead atoms. The molecule has 0 aliphatic heterocycles. The molecular weight excluding hydrogens is 262 g/mol. The van der Waals surface area contributed by atoms with Gasteiger partial charge >= 0.3 is 6.03 Å². The van der Waals surface area contributed by atoms with Crippen molar-refractivity contribution in [2.24, 2.45) is 0 Å². The van der Waals surface area contributed by atoms with Gasteiger partial charge in [0.25, 0.3) is 0 Å². The lowest BCUT2D eigenvalue weighted by atomic mass is 10.1. The van der Waals surface area contributed by atoms with Crippen molar-refractivity contribution in [3.05, 3.63) is 48.8 Å². The van der Waals surface area contributed by atoms with Crippen LogP contribution in [0.1, 0.15) is 25.7 Å². The Morgan fingerprint density at radius 2 is 1.81 bits per heavy atom. The second-order valence-corrected chi connectivity index (χ2v) is 5.41. The van der Waals surface area contributed by atoms with Crippen molar-refractivity contribution in [2.45, 2.75) is 31.7 Å². The highest BCUT2D eigenvalue weighted by Crippen LogP contribution is 2.21. The molecule has 0 unspecified atom stereocenters. The van der Waals surface area contributed by atoms with E-state index in [0.717, 1.165) is 24.0 Å². The molecule has 21 heavy (non-hydrogen) atoms. The number of nitrogens with one attached hydrogen (secondary N) is 2. The fourth-order valence-corrected chi connectivity index (χ4v) is 2.72. The summed E-state index contributed by atoms with van der Waals surface area (Å²) in [5, 5.41) is 5.88. The monoisotopic (exact) mass is 281 g/mol. The van der Waals surface area contributed by atoms with Crippen LogP contribution in [0, 0.1) is 0 Å². The summed E-state index contributed by atoms with van der Waals surface area (Å²) in [5.74, 6) is 0. The molecule has 0 atom stereocenters. The minimum Gasteiger partial charge on any atom is -0.335 e. The SMILES string of the molecule is O=C(Nc1cncc(-c2ccccc2)c1)NC1CCCC1. The first-order valence-electron chi connectivity index (χ1n) is 7.39. The van der Waals surface area contributed by atoms with Crippen molar-refractivity contribution in [1.29, 1.82) is 0 Å². The van der Waals surface area contributed by atoms with Crippen LogP contribution in [0.15, 0.2) is 48.8 Å². The molecular formula is C17H19N3O. The van der Waals surface area contributed by atoms with Crippen molar-refractivity contribution in [1.82, 2.24) is 10.3 Å². The Balaban J connectivity index is 1.67. The third-order valence-electron chi connectivity index (χ3n) is 3.79. The van der Waals surface area contributed by atoms with Crippen LogP contribution >= 0.6 is 0 Å². The average molecular weight is 281 g/mol. The number of nitrogens with zero attached hydrogens (tertiary/aromatic N) is 1. The van der Waals surface area contributed by atoms with Crippen LogP contribution in [0.2, 0.25) is 0 Å². The molecule has 1 fully saturated rings. The summed E-state index contributed by atoms with van der Waals surface area (Å²) in [7, 11) is 0. The quantitative estimate of drug-likeness (QED) is 0.898. The zero-order valence-corrected chi connectivity index (χ0v) is 11.9. The molecule has 108 valence electrons. The summed E-state index contributed by atoms with van der Waals surface area (Å²) >= 11 is 0. The van der Waals surface area contributed by atoms with E-state index < -0.39 is 0 Å². The van der Waals surface area contributed by atoms with E-state index in [2.05, 4.69) is 15.6 Å². The third-order valence-corrected chi connectivity index (χ3v) is 3.79. The van der Waals surface area contributed by atoms with Crippen LogP contribution in [0.4, 0.5) is 10.5 Å². The van der Waals surface area contributed by atoms with Gasteiger partial charge in [-0.3, -0.25) is 4.98 Å². The number of rotatable bonds is 3. The second kappa shape index (κ2) is 6.39. The van der Waals surface area contributed by atoms with E-state index in [1.54, 1.807) is 12.4 Å². The molecule has 2 amide bonds. The predicted octanol–water partition coefficient (Wildman–Crippen LogP) is 3.81. The molecule has 4 heteroatoms. The highest BCUT2D eigenvalue weighted by Gasteiger charge is 2.17. The maximum atomic E-state index is 12.0. The van der Waals surface area contributed by atoms with Gasteiger partial charge in [0, 0.05) is 17.8 Å². The number of hydrogen-bond donors (Lipinski definition) is 2. The molecule has 1 aliphatic carbocycles. The Hall–Kier alpha value is -2.36. The van der Waals surface area contributed by atoms with Crippen LogP contribution in [-0.4, -0.2) is 17.1 Å². The average Bonchev–Trinajstić information content (AvgIpc) is 3.01. The Kier molecular flexibility index (Phi) is 4.15. The van der Waals surface area contributed by atoms with Gasteiger partial charge < -0.3 is 10.6 Å². The largest absolute Gasteiger partial charge is 0.335 e. The van der Waals surface area contributed by atoms with Gasteiger partial charge in [-0.05, 0) is 24.5 Å². The highest BCUT2D eigenvalue weighted by molar-refractivity contribution is 5.90. The van der Waals surface area contributed by atoms with E-state index in [-0.39, 0.29) is 6.03 Å².